The molecule has 1 atom stereocenters. The lowest BCUT2D eigenvalue weighted by atomic mass is 9.89. The Bertz CT molecular complexity index is 858. The average Bonchev–Trinajstić information content (AvgIpc) is 3.37. The number of piperidine rings is 1. The predicted octanol–water partition coefficient (Wildman–Crippen LogP) is 4.53. The zero-order chi connectivity index (χ0) is 19.6. The molecule has 2 aromatic heterocycles. The summed E-state index contributed by atoms with van der Waals surface area (Å²) in [7, 11) is 0. The molecule has 0 amide bonds. The molecule has 28 heavy (non-hydrogen) atoms. The zero-order valence-electron chi connectivity index (χ0n) is 17.0. The van der Waals surface area contributed by atoms with Crippen LogP contribution < -0.4 is 0 Å². The Kier molecular flexibility index (Phi) is 5.60. The molecular formula is C22H29N5S. The summed E-state index contributed by atoms with van der Waals surface area (Å²) >= 11 is 1.80. The Morgan fingerprint density at radius 3 is 2.46 bits per heavy atom. The van der Waals surface area contributed by atoms with E-state index in [1.54, 1.807) is 11.3 Å². The van der Waals surface area contributed by atoms with Gasteiger partial charge in [0.1, 0.15) is 6.04 Å². The monoisotopic (exact) mass is 395 g/mol. The van der Waals surface area contributed by atoms with E-state index in [2.05, 4.69) is 89.0 Å². The summed E-state index contributed by atoms with van der Waals surface area (Å²) in [6, 6.07) is 15.3. The molecular weight excluding hydrogens is 366 g/mol. The van der Waals surface area contributed by atoms with Crippen molar-refractivity contribution in [3.05, 3.63) is 64.1 Å². The van der Waals surface area contributed by atoms with Gasteiger partial charge in [0.05, 0.1) is 5.54 Å². The normalized spacial score (nSPS) is 17.7. The zero-order valence-corrected chi connectivity index (χ0v) is 17.8. The van der Waals surface area contributed by atoms with Crippen LogP contribution in [0.2, 0.25) is 0 Å². The summed E-state index contributed by atoms with van der Waals surface area (Å²) in [5, 5.41) is 15.0. The molecule has 1 aromatic carbocycles. The molecule has 0 aliphatic carbocycles. The Labute approximate surface area is 171 Å². The summed E-state index contributed by atoms with van der Waals surface area (Å²) in [5.41, 5.74) is 1.31. The van der Waals surface area contributed by atoms with Gasteiger partial charge < -0.3 is 0 Å². The summed E-state index contributed by atoms with van der Waals surface area (Å²) in [4.78, 5) is 3.89. The smallest absolute Gasteiger partial charge is 0.174 e. The maximum atomic E-state index is 4.47. The van der Waals surface area contributed by atoms with Crippen molar-refractivity contribution < 1.29 is 0 Å². The van der Waals surface area contributed by atoms with Gasteiger partial charge in [0.15, 0.2) is 5.82 Å². The van der Waals surface area contributed by atoms with E-state index in [4.69, 9.17) is 0 Å². The summed E-state index contributed by atoms with van der Waals surface area (Å²) in [5.74, 6) is 1.71. The highest BCUT2D eigenvalue weighted by atomic mass is 32.1. The van der Waals surface area contributed by atoms with E-state index in [0.29, 0.717) is 0 Å². The van der Waals surface area contributed by atoms with Crippen molar-refractivity contribution in [2.75, 3.05) is 13.1 Å². The number of hydrogen-bond acceptors (Lipinski definition) is 5. The second-order valence-corrected chi connectivity index (χ2v) is 9.69. The van der Waals surface area contributed by atoms with Crippen LogP contribution in [0, 0.1) is 5.92 Å². The van der Waals surface area contributed by atoms with Crippen LogP contribution in [-0.4, -0.2) is 38.2 Å². The van der Waals surface area contributed by atoms with Gasteiger partial charge in [-0.1, -0.05) is 36.4 Å². The van der Waals surface area contributed by atoms with E-state index >= 15 is 0 Å². The number of likely N-dealkylation sites (tertiary alicyclic amines) is 1. The van der Waals surface area contributed by atoms with Crippen molar-refractivity contribution in [1.29, 1.82) is 0 Å². The quantitative estimate of drug-likeness (QED) is 0.637. The van der Waals surface area contributed by atoms with Crippen LogP contribution in [0.25, 0.3) is 0 Å². The predicted molar refractivity (Wildman–Crippen MR) is 113 cm³/mol. The van der Waals surface area contributed by atoms with Gasteiger partial charge in [-0.2, -0.15) is 0 Å². The summed E-state index contributed by atoms with van der Waals surface area (Å²) < 4.78 is 1.99. The third-order valence-electron chi connectivity index (χ3n) is 5.57. The lowest BCUT2D eigenvalue weighted by molar-refractivity contribution is 0.141. The highest BCUT2D eigenvalue weighted by molar-refractivity contribution is 7.10. The minimum absolute atomic E-state index is 0.131. The lowest BCUT2D eigenvalue weighted by Gasteiger charge is -2.37. The van der Waals surface area contributed by atoms with Crippen LogP contribution >= 0.6 is 11.3 Å². The first-order valence-electron chi connectivity index (χ1n) is 10.1. The van der Waals surface area contributed by atoms with Gasteiger partial charge in [0.25, 0.3) is 0 Å². The van der Waals surface area contributed by atoms with Crippen LogP contribution in [0.3, 0.4) is 0 Å². The van der Waals surface area contributed by atoms with Crippen molar-refractivity contribution in [1.82, 2.24) is 25.1 Å². The number of tetrazole rings is 1. The summed E-state index contributed by atoms with van der Waals surface area (Å²) in [6.45, 7) is 8.63. The van der Waals surface area contributed by atoms with Gasteiger partial charge in [-0.15, -0.1) is 16.4 Å². The third kappa shape index (κ3) is 4.18. The minimum atomic E-state index is -0.139. The Hall–Kier alpha value is -2.05. The third-order valence-corrected chi connectivity index (χ3v) is 6.49. The molecule has 1 saturated heterocycles. The Morgan fingerprint density at radius 1 is 1.07 bits per heavy atom. The highest BCUT2D eigenvalue weighted by Crippen LogP contribution is 2.35. The Balaban J connectivity index is 1.53. The molecule has 3 heterocycles. The Morgan fingerprint density at radius 2 is 1.82 bits per heavy atom. The highest BCUT2D eigenvalue weighted by Gasteiger charge is 2.34. The van der Waals surface area contributed by atoms with Crippen molar-refractivity contribution >= 4 is 11.3 Å². The van der Waals surface area contributed by atoms with Gasteiger partial charge in [0.2, 0.25) is 0 Å². The van der Waals surface area contributed by atoms with Crippen LogP contribution in [-0.2, 0) is 12.0 Å². The second kappa shape index (κ2) is 8.13. The molecule has 5 nitrogen and oxygen atoms in total. The first-order valence-corrected chi connectivity index (χ1v) is 11.0. The van der Waals surface area contributed by atoms with Gasteiger partial charge in [0, 0.05) is 4.88 Å². The van der Waals surface area contributed by atoms with E-state index in [0.717, 1.165) is 24.8 Å². The largest absolute Gasteiger partial charge is 0.289 e. The number of thiophene rings is 1. The molecule has 1 aliphatic heterocycles. The van der Waals surface area contributed by atoms with Crippen molar-refractivity contribution in [2.45, 2.75) is 51.6 Å². The molecule has 1 fully saturated rings. The van der Waals surface area contributed by atoms with Gasteiger partial charge >= 0.3 is 0 Å². The topological polar surface area (TPSA) is 46.8 Å². The van der Waals surface area contributed by atoms with E-state index in [1.165, 1.54) is 29.7 Å². The van der Waals surface area contributed by atoms with E-state index in [9.17, 15) is 0 Å². The standard InChI is InChI=1S/C22H29N5S/c1-22(2,3)27-21(23-24-25-27)20(19-10-7-15-28-19)26-13-11-18(12-14-26)16-17-8-5-4-6-9-17/h4-10,15,18,20H,11-14,16H2,1-3H3/t20-/m0/s1. The van der Waals surface area contributed by atoms with Gasteiger partial charge in [-0.05, 0) is 86.5 Å². The van der Waals surface area contributed by atoms with Crippen LogP contribution in [0.5, 0.6) is 0 Å². The lowest BCUT2D eigenvalue weighted by Crippen LogP contribution is -2.40. The first kappa shape index (κ1) is 19.3. The molecule has 6 heteroatoms. The molecule has 0 unspecified atom stereocenters. The molecule has 0 saturated carbocycles. The number of rotatable bonds is 5. The molecule has 1 aliphatic rings. The van der Waals surface area contributed by atoms with Crippen LogP contribution in [0.1, 0.15) is 55.9 Å². The molecule has 3 aromatic rings. The number of hydrogen-bond donors (Lipinski definition) is 0. The van der Waals surface area contributed by atoms with E-state index in [1.807, 2.05) is 4.68 Å². The average molecular weight is 396 g/mol. The molecule has 0 spiro atoms. The fourth-order valence-electron chi connectivity index (χ4n) is 4.12. The van der Waals surface area contributed by atoms with Crippen LogP contribution in [0.15, 0.2) is 47.8 Å². The number of nitrogens with zero attached hydrogens (tertiary/aromatic N) is 5. The van der Waals surface area contributed by atoms with Crippen molar-refractivity contribution in [3.63, 3.8) is 0 Å². The second-order valence-electron chi connectivity index (χ2n) is 8.71. The fraction of sp³-hybridized carbons (Fsp3) is 0.500. The molecule has 0 radical (unpaired) electrons. The van der Waals surface area contributed by atoms with Crippen molar-refractivity contribution in [3.8, 4) is 0 Å². The maximum Gasteiger partial charge on any atom is 0.174 e. The van der Waals surface area contributed by atoms with Gasteiger partial charge in [-0.3, -0.25) is 4.90 Å². The van der Waals surface area contributed by atoms with E-state index < -0.39 is 0 Å². The molecule has 4 rings (SSSR count). The number of aromatic nitrogens is 4. The van der Waals surface area contributed by atoms with Gasteiger partial charge in [-0.25, -0.2) is 4.68 Å². The van der Waals surface area contributed by atoms with Crippen molar-refractivity contribution in [2.24, 2.45) is 5.92 Å². The molecule has 0 N–H and O–H groups in total. The minimum Gasteiger partial charge on any atom is -0.289 e. The molecule has 0 bridgehead atoms. The first-order chi connectivity index (χ1) is 13.5. The molecule has 148 valence electrons. The maximum absolute atomic E-state index is 4.47. The SMILES string of the molecule is CC(C)(C)n1nnnc1[C@H](c1cccs1)N1CCC(Cc2ccccc2)CC1. The van der Waals surface area contributed by atoms with Crippen LogP contribution in [0.4, 0.5) is 0 Å². The van der Waals surface area contributed by atoms with E-state index in [-0.39, 0.29) is 11.6 Å². The summed E-state index contributed by atoms with van der Waals surface area (Å²) in [6.07, 6.45) is 3.61. The number of benzene rings is 1. The fourth-order valence-corrected chi connectivity index (χ4v) is 4.98.